The van der Waals surface area contributed by atoms with E-state index in [0.29, 0.717) is 23.7 Å². The number of pyridine rings is 1. The van der Waals surface area contributed by atoms with Gasteiger partial charge in [0.05, 0.1) is 17.5 Å². The van der Waals surface area contributed by atoms with Crippen molar-refractivity contribution in [1.29, 1.82) is 0 Å². The van der Waals surface area contributed by atoms with Gasteiger partial charge in [-0.05, 0) is 72.5 Å². The molecule has 1 aliphatic rings. The molecule has 1 amide bonds. The Balaban J connectivity index is 1.40. The van der Waals surface area contributed by atoms with Crippen molar-refractivity contribution in [3.8, 4) is 11.6 Å². The lowest BCUT2D eigenvalue weighted by Gasteiger charge is -2.23. The van der Waals surface area contributed by atoms with E-state index in [-0.39, 0.29) is 23.5 Å². The molecule has 2 aromatic heterocycles. The first kappa shape index (κ1) is 29.2. The summed E-state index contributed by atoms with van der Waals surface area (Å²) >= 11 is 0. The molecule has 14 heteroatoms. The van der Waals surface area contributed by atoms with Gasteiger partial charge >= 0.3 is 12.4 Å². The molecule has 0 radical (unpaired) electrons. The Morgan fingerprint density at radius 1 is 0.976 bits per heavy atom. The molecular weight excluding hydrogens is 571 g/mol. The monoisotopic (exact) mass is 593 g/mol. The first-order valence-electron chi connectivity index (χ1n) is 12.7. The molecule has 0 bridgehead atoms. The van der Waals surface area contributed by atoms with E-state index < -0.39 is 53.7 Å². The summed E-state index contributed by atoms with van der Waals surface area (Å²) in [6, 6.07) is 9.19. The maximum absolute atomic E-state index is 13.7. The SMILES string of the molecule is O=C(Cc1ccc(C(F)(F)F)cc1C(F)(F)F)N(Cc1nnc(-c2ccc(C3CCNC3)cn2)o1)c1ccc(F)cc1. The predicted octanol–water partition coefficient (Wildman–Crippen LogP) is 6.16. The zero-order chi connectivity index (χ0) is 30.1. The summed E-state index contributed by atoms with van der Waals surface area (Å²) in [6.45, 7) is 1.35. The Bertz CT molecular complexity index is 1540. The van der Waals surface area contributed by atoms with E-state index in [9.17, 15) is 35.5 Å². The Morgan fingerprint density at radius 3 is 2.36 bits per heavy atom. The van der Waals surface area contributed by atoms with Gasteiger partial charge in [-0.2, -0.15) is 26.3 Å². The third-order valence-corrected chi connectivity index (χ3v) is 6.82. The third-order valence-electron chi connectivity index (χ3n) is 6.82. The number of hydrogen-bond donors (Lipinski definition) is 1. The highest BCUT2D eigenvalue weighted by Crippen LogP contribution is 2.38. The minimum Gasteiger partial charge on any atom is -0.417 e. The van der Waals surface area contributed by atoms with E-state index in [0.717, 1.165) is 42.1 Å². The zero-order valence-electron chi connectivity index (χ0n) is 21.6. The van der Waals surface area contributed by atoms with Crippen molar-refractivity contribution < 1.29 is 39.9 Å². The number of carbonyl (C=O) groups is 1. The molecule has 1 unspecified atom stereocenters. The van der Waals surface area contributed by atoms with Crippen LogP contribution >= 0.6 is 0 Å². The first-order chi connectivity index (χ1) is 19.9. The van der Waals surface area contributed by atoms with Gasteiger partial charge in [0.2, 0.25) is 11.8 Å². The summed E-state index contributed by atoms with van der Waals surface area (Å²) in [4.78, 5) is 18.7. The number of nitrogens with one attached hydrogen (secondary N) is 1. The number of halogens is 7. The minimum atomic E-state index is -5.16. The van der Waals surface area contributed by atoms with Crippen molar-refractivity contribution in [2.24, 2.45) is 0 Å². The van der Waals surface area contributed by atoms with Crippen LogP contribution in [0.4, 0.5) is 36.4 Å². The van der Waals surface area contributed by atoms with E-state index >= 15 is 0 Å². The molecule has 1 aliphatic heterocycles. The van der Waals surface area contributed by atoms with E-state index in [1.165, 1.54) is 12.1 Å². The molecule has 0 spiro atoms. The number of amides is 1. The average Bonchev–Trinajstić information content (AvgIpc) is 3.64. The normalized spacial score (nSPS) is 15.6. The number of hydrogen-bond acceptors (Lipinski definition) is 6. The van der Waals surface area contributed by atoms with Crippen molar-refractivity contribution in [1.82, 2.24) is 20.5 Å². The third kappa shape index (κ3) is 6.59. The summed E-state index contributed by atoms with van der Waals surface area (Å²) in [6.07, 6.45) is -8.40. The van der Waals surface area contributed by atoms with E-state index in [1.54, 1.807) is 12.3 Å². The highest BCUT2D eigenvalue weighted by molar-refractivity contribution is 5.94. The number of carbonyl (C=O) groups excluding carboxylic acids is 1. The average molecular weight is 594 g/mol. The Morgan fingerprint density at radius 2 is 1.74 bits per heavy atom. The van der Waals surface area contributed by atoms with Crippen molar-refractivity contribution in [2.45, 2.75) is 37.7 Å². The predicted molar refractivity (Wildman–Crippen MR) is 135 cm³/mol. The lowest BCUT2D eigenvalue weighted by Crippen LogP contribution is -2.32. The fourth-order valence-corrected chi connectivity index (χ4v) is 4.64. The number of benzene rings is 2. The van der Waals surface area contributed by atoms with Crippen LogP contribution in [0.25, 0.3) is 11.6 Å². The van der Waals surface area contributed by atoms with Gasteiger partial charge in [-0.3, -0.25) is 9.78 Å². The zero-order valence-corrected chi connectivity index (χ0v) is 21.6. The highest BCUT2D eigenvalue weighted by Gasteiger charge is 2.38. The number of anilines is 1. The molecule has 1 atom stereocenters. The second kappa shape index (κ2) is 11.5. The van der Waals surface area contributed by atoms with Crippen LogP contribution in [0.3, 0.4) is 0 Å². The summed E-state index contributed by atoms with van der Waals surface area (Å²) in [5.74, 6) is -1.29. The lowest BCUT2D eigenvalue weighted by molar-refractivity contribution is -0.143. The molecular formula is C28H22F7N5O2. The highest BCUT2D eigenvalue weighted by atomic mass is 19.4. The Kier molecular flexibility index (Phi) is 7.99. The summed E-state index contributed by atoms with van der Waals surface area (Å²) in [5, 5.41) is 11.1. The number of nitrogens with zero attached hydrogens (tertiary/aromatic N) is 4. The van der Waals surface area contributed by atoms with Crippen LogP contribution in [0.15, 0.2) is 65.2 Å². The molecule has 4 aromatic rings. The standard InChI is InChI=1S/C28H22F7N5O2/c29-20-4-6-21(7-5-20)40(25(41)11-16-1-3-19(27(30,31)32)12-22(16)28(33,34)35)15-24-38-39-26(42-24)23-8-2-17(14-37-23)18-9-10-36-13-18/h1-8,12,14,18,36H,9-11,13,15H2. The molecule has 220 valence electrons. The Hall–Kier alpha value is -4.33. The van der Waals surface area contributed by atoms with Crippen LogP contribution in [0.5, 0.6) is 0 Å². The smallest absolute Gasteiger partial charge is 0.416 e. The molecule has 0 saturated carbocycles. The second-order valence-corrected chi connectivity index (χ2v) is 9.67. The maximum Gasteiger partial charge on any atom is 0.416 e. The minimum absolute atomic E-state index is 0.0311. The fourth-order valence-electron chi connectivity index (χ4n) is 4.64. The molecule has 42 heavy (non-hydrogen) atoms. The van der Waals surface area contributed by atoms with Crippen LogP contribution in [0.1, 0.15) is 40.5 Å². The Labute approximate surface area is 234 Å². The number of aromatic nitrogens is 3. The molecule has 0 aliphatic carbocycles. The number of rotatable bonds is 7. The van der Waals surface area contributed by atoms with Gasteiger partial charge in [0, 0.05) is 18.4 Å². The van der Waals surface area contributed by atoms with Crippen molar-refractivity contribution in [2.75, 3.05) is 18.0 Å². The number of alkyl halides is 6. The topological polar surface area (TPSA) is 84.2 Å². The molecule has 2 aromatic carbocycles. The van der Waals surface area contributed by atoms with Crippen molar-refractivity contribution in [3.05, 3.63) is 94.8 Å². The van der Waals surface area contributed by atoms with E-state index in [1.807, 2.05) is 6.07 Å². The van der Waals surface area contributed by atoms with Gasteiger partial charge in [0.1, 0.15) is 18.1 Å². The van der Waals surface area contributed by atoms with Gasteiger partial charge in [0.15, 0.2) is 0 Å². The lowest BCUT2D eigenvalue weighted by atomic mass is 10.00. The van der Waals surface area contributed by atoms with Crippen LogP contribution in [-0.4, -0.2) is 34.2 Å². The molecule has 7 nitrogen and oxygen atoms in total. The van der Waals surface area contributed by atoms with Crippen molar-refractivity contribution >= 4 is 11.6 Å². The summed E-state index contributed by atoms with van der Waals surface area (Å²) in [7, 11) is 0. The van der Waals surface area contributed by atoms with Gasteiger partial charge in [-0.15, -0.1) is 10.2 Å². The maximum atomic E-state index is 13.7. The summed E-state index contributed by atoms with van der Waals surface area (Å²) < 4.78 is 99.6. The molecule has 1 fully saturated rings. The van der Waals surface area contributed by atoms with Crippen LogP contribution in [0, 0.1) is 5.82 Å². The molecule has 5 rings (SSSR count). The van der Waals surface area contributed by atoms with Gasteiger partial charge in [0.25, 0.3) is 5.89 Å². The molecule has 1 N–H and O–H groups in total. The van der Waals surface area contributed by atoms with Gasteiger partial charge < -0.3 is 14.6 Å². The van der Waals surface area contributed by atoms with E-state index in [2.05, 4.69) is 20.5 Å². The van der Waals surface area contributed by atoms with E-state index in [4.69, 9.17) is 4.42 Å². The van der Waals surface area contributed by atoms with Gasteiger partial charge in [-0.25, -0.2) is 4.39 Å². The fraction of sp³-hybridized carbons (Fsp3) is 0.286. The molecule has 1 saturated heterocycles. The largest absolute Gasteiger partial charge is 0.417 e. The quantitative estimate of drug-likeness (QED) is 0.259. The van der Waals surface area contributed by atoms with Gasteiger partial charge in [-0.1, -0.05) is 12.1 Å². The van der Waals surface area contributed by atoms with Crippen LogP contribution in [-0.2, 0) is 30.1 Å². The summed E-state index contributed by atoms with van der Waals surface area (Å²) in [5.41, 5.74) is -2.26. The van der Waals surface area contributed by atoms with Crippen molar-refractivity contribution in [3.63, 3.8) is 0 Å². The van der Waals surface area contributed by atoms with Crippen LogP contribution < -0.4 is 10.2 Å². The first-order valence-corrected chi connectivity index (χ1v) is 12.7. The van der Waals surface area contributed by atoms with Crippen LogP contribution in [0.2, 0.25) is 0 Å². The second-order valence-electron chi connectivity index (χ2n) is 9.67. The molecule has 3 heterocycles.